The van der Waals surface area contributed by atoms with Gasteiger partial charge in [0.25, 0.3) is 0 Å². The van der Waals surface area contributed by atoms with E-state index in [-0.39, 0.29) is 0 Å². The molecular formula is C46H29NOS. The molecule has 8 aromatic carbocycles. The van der Waals surface area contributed by atoms with Crippen molar-refractivity contribution < 1.29 is 4.42 Å². The maximum absolute atomic E-state index is 6.42. The number of fused-ring (bicyclic) bond motifs is 7. The van der Waals surface area contributed by atoms with Crippen LogP contribution in [-0.2, 0) is 0 Å². The van der Waals surface area contributed by atoms with Crippen molar-refractivity contribution in [2.75, 3.05) is 4.90 Å². The Morgan fingerprint density at radius 2 is 1.08 bits per heavy atom. The van der Waals surface area contributed by atoms with Crippen molar-refractivity contribution in [3.63, 3.8) is 0 Å². The van der Waals surface area contributed by atoms with Crippen LogP contribution in [0.15, 0.2) is 180 Å². The summed E-state index contributed by atoms with van der Waals surface area (Å²) >= 11 is 1.87. The normalized spacial score (nSPS) is 11.7. The third-order valence-electron chi connectivity index (χ3n) is 9.61. The van der Waals surface area contributed by atoms with Gasteiger partial charge in [0, 0.05) is 54.1 Å². The van der Waals surface area contributed by atoms with Crippen molar-refractivity contribution in [1.82, 2.24) is 0 Å². The highest BCUT2D eigenvalue weighted by atomic mass is 32.1. The molecule has 0 atom stereocenters. The van der Waals surface area contributed by atoms with Gasteiger partial charge in [0.15, 0.2) is 0 Å². The fraction of sp³-hybridized carbons (Fsp3) is 0. The van der Waals surface area contributed by atoms with Crippen molar-refractivity contribution in [2.24, 2.45) is 0 Å². The highest BCUT2D eigenvalue weighted by Gasteiger charge is 2.19. The predicted molar refractivity (Wildman–Crippen MR) is 210 cm³/mol. The van der Waals surface area contributed by atoms with Gasteiger partial charge in [0.1, 0.15) is 11.2 Å². The first-order valence-corrected chi connectivity index (χ1v) is 17.4. The number of hydrogen-bond acceptors (Lipinski definition) is 3. The Morgan fingerprint density at radius 1 is 0.388 bits per heavy atom. The molecule has 0 amide bonds. The van der Waals surface area contributed by atoms with Crippen LogP contribution in [0.2, 0.25) is 0 Å². The predicted octanol–water partition coefficient (Wildman–Crippen LogP) is 13.9. The minimum Gasteiger partial charge on any atom is -0.456 e. The van der Waals surface area contributed by atoms with Crippen LogP contribution in [0.3, 0.4) is 0 Å². The molecule has 0 aliphatic rings. The van der Waals surface area contributed by atoms with Gasteiger partial charge in [-0.25, -0.2) is 0 Å². The molecule has 10 rings (SSSR count). The molecule has 3 heteroatoms. The van der Waals surface area contributed by atoms with E-state index < -0.39 is 0 Å². The molecule has 0 N–H and O–H groups in total. The molecule has 49 heavy (non-hydrogen) atoms. The quantitative estimate of drug-likeness (QED) is 0.186. The topological polar surface area (TPSA) is 16.4 Å². The van der Waals surface area contributed by atoms with E-state index in [4.69, 9.17) is 4.42 Å². The van der Waals surface area contributed by atoms with Gasteiger partial charge >= 0.3 is 0 Å². The average molecular weight is 644 g/mol. The molecule has 2 nitrogen and oxygen atoms in total. The lowest BCUT2D eigenvalue weighted by Crippen LogP contribution is -2.10. The van der Waals surface area contributed by atoms with Crippen molar-refractivity contribution >= 4 is 81.3 Å². The van der Waals surface area contributed by atoms with E-state index in [1.165, 1.54) is 53.2 Å². The summed E-state index contributed by atoms with van der Waals surface area (Å²) in [4.78, 5) is 2.38. The van der Waals surface area contributed by atoms with Crippen molar-refractivity contribution in [1.29, 1.82) is 0 Å². The van der Waals surface area contributed by atoms with E-state index in [0.717, 1.165) is 39.0 Å². The Bertz CT molecular complexity index is 2840. The van der Waals surface area contributed by atoms with Gasteiger partial charge in [-0.15, -0.1) is 11.3 Å². The number of nitrogens with zero attached hydrogens (tertiary/aromatic N) is 1. The molecular weight excluding hydrogens is 615 g/mol. The molecule has 0 bridgehead atoms. The molecule has 230 valence electrons. The molecule has 0 radical (unpaired) electrons. The lowest BCUT2D eigenvalue weighted by Gasteiger charge is -2.27. The fourth-order valence-corrected chi connectivity index (χ4v) is 8.52. The summed E-state index contributed by atoms with van der Waals surface area (Å²) in [5.74, 6) is 0. The lowest BCUT2D eigenvalue weighted by atomic mass is 9.96. The van der Waals surface area contributed by atoms with E-state index in [1.54, 1.807) is 0 Å². The molecule has 0 saturated carbocycles. The molecule has 0 aliphatic heterocycles. The summed E-state index contributed by atoms with van der Waals surface area (Å²) in [5, 5.41) is 7.27. The monoisotopic (exact) mass is 643 g/mol. The zero-order valence-corrected chi connectivity index (χ0v) is 27.3. The highest BCUT2D eigenvalue weighted by Crippen LogP contribution is 2.45. The molecule has 0 aliphatic carbocycles. The molecule has 2 aromatic heterocycles. The van der Waals surface area contributed by atoms with Gasteiger partial charge < -0.3 is 9.32 Å². The number of rotatable bonds is 5. The standard InChI is InChI=1S/C46H29NOS/c1-2-11-30(12-3-1)33-25-34(38-17-10-18-42-41-16-7-9-20-45(41)49-46(38)42)28-37(27-33)47(35-22-21-31-13-4-5-14-32(31)26-35)36-23-24-40-39-15-6-8-19-43(39)48-44(40)29-36/h1-29H. The smallest absolute Gasteiger partial charge is 0.137 e. The number of anilines is 3. The van der Waals surface area contributed by atoms with Crippen LogP contribution in [0.1, 0.15) is 0 Å². The highest BCUT2D eigenvalue weighted by molar-refractivity contribution is 7.26. The third kappa shape index (κ3) is 4.70. The second-order valence-corrected chi connectivity index (χ2v) is 13.6. The van der Waals surface area contributed by atoms with Crippen LogP contribution in [0.5, 0.6) is 0 Å². The minimum absolute atomic E-state index is 0.874. The Labute approximate surface area is 287 Å². The Hall–Kier alpha value is -6.16. The number of furan rings is 1. The summed E-state index contributed by atoms with van der Waals surface area (Å²) in [7, 11) is 0. The van der Waals surface area contributed by atoms with Crippen molar-refractivity contribution in [2.45, 2.75) is 0 Å². The summed E-state index contributed by atoms with van der Waals surface area (Å²) in [6.45, 7) is 0. The zero-order chi connectivity index (χ0) is 32.3. The lowest BCUT2D eigenvalue weighted by molar-refractivity contribution is 0.669. The maximum atomic E-state index is 6.42. The van der Waals surface area contributed by atoms with Crippen LogP contribution >= 0.6 is 11.3 Å². The van der Waals surface area contributed by atoms with Crippen LogP contribution < -0.4 is 4.90 Å². The van der Waals surface area contributed by atoms with E-state index in [1.807, 2.05) is 23.5 Å². The van der Waals surface area contributed by atoms with Gasteiger partial charge in [-0.2, -0.15) is 0 Å². The first-order valence-electron chi connectivity index (χ1n) is 16.6. The number of benzene rings is 8. The van der Waals surface area contributed by atoms with Crippen LogP contribution in [0.25, 0.3) is 75.1 Å². The Kier molecular flexibility index (Phi) is 6.39. The maximum Gasteiger partial charge on any atom is 0.137 e. The van der Waals surface area contributed by atoms with Crippen LogP contribution in [0.4, 0.5) is 17.1 Å². The van der Waals surface area contributed by atoms with E-state index in [9.17, 15) is 0 Å². The zero-order valence-electron chi connectivity index (χ0n) is 26.5. The van der Waals surface area contributed by atoms with E-state index in [2.05, 4.69) is 169 Å². The Balaban J connectivity index is 1.25. The average Bonchev–Trinajstić information content (AvgIpc) is 3.73. The largest absolute Gasteiger partial charge is 0.456 e. The second kappa shape index (κ2) is 11.2. The molecule has 10 aromatic rings. The SMILES string of the molecule is c1ccc(-c2cc(-c3cccc4c3sc3ccccc34)cc(N(c3ccc4ccccc4c3)c3ccc4c(c3)oc3ccccc34)c2)cc1. The van der Waals surface area contributed by atoms with Crippen LogP contribution in [-0.4, -0.2) is 0 Å². The number of hydrogen-bond donors (Lipinski definition) is 0. The van der Waals surface area contributed by atoms with Crippen molar-refractivity contribution in [3.8, 4) is 22.3 Å². The first kappa shape index (κ1) is 27.9. The number of thiophene rings is 1. The van der Waals surface area contributed by atoms with Gasteiger partial charge in [-0.05, 0) is 87.6 Å². The third-order valence-corrected chi connectivity index (χ3v) is 10.8. The minimum atomic E-state index is 0.874. The van der Waals surface area contributed by atoms with Gasteiger partial charge in [-0.3, -0.25) is 0 Å². The number of para-hydroxylation sites is 1. The molecule has 0 saturated heterocycles. The first-order chi connectivity index (χ1) is 24.3. The summed E-state index contributed by atoms with van der Waals surface area (Å²) in [6.07, 6.45) is 0. The molecule has 0 fully saturated rings. The van der Waals surface area contributed by atoms with Crippen LogP contribution in [0, 0.1) is 0 Å². The Morgan fingerprint density at radius 3 is 2.00 bits per heavy atom. The van der Waals surface area contributed by atoms with Gasteiger partial charge in [-0.1, -0.05) is 115 Å². The van der Waals surface area contributed by atoms with Gasteiger partial charge in [0.2, 0.25) is 0 Å². The fourth-order valence-electron chi connectivity index (χ4n) is 7.28. The summed E-state index contributed by atoms with van der Waals surface area (Å²) in [5.41, 5.74) is 9.76. The molecule has 2 heterocycles. The van der Waals surface area contributed by atoms with E-state index >= 15 is 0 Å². The van der Waals surface area contributed by atoms with Crippen molar-refractivity contribution in [3.05, 3.63) is 176 Å². The summed E-state index contributed by atoms with van der Waals surface area (Å²) < 4.78 is 9.04. The second-order valence-electron chi connectivity index (χ2n) is 12.6. The summed E-state index contributed by atoms with van der Waals surface area (Å²) in [6, 6.07) is 63.4. The van der Waals surface area contributed by atoms with E-state index in [0.29, 0.717) is 0 Å². The molecule has 0 spiro atoms. The van der Waals surface area contributed by atoms with Gasteiger partial charge in [0.05, 0.1) is 0 Å². The molecule has 0 unspecified atom stereocenters.